The lowest BCUT2D eigenvalue weighted by molar-refractivity contribution is -0.115. The van der Waals surface area contributed by atoms with E-state index >= 15 is 0 Å². The molecule has 2 aromatic carbocycles. The summed E-state index contributed by atoms with van der Waals surface area (Å²) in [6, 6.07) is 10.4. The van der Waals surface area contributed by atoms with Gasteiger partial charge >= 0.3 is 0 Å². The minimum Gasteiger partial charge on any atom is -0.326 e. The van der Waals surface area contributed by atoms with Crippen molar-refractivity contribution in [3.8, 4) is 0 Å². The Labute approximate surface area is 148 Å². The van der Waals surface area contributed by atoms with Crippen molar-refractivity contribution in [1.82, 2.24) is 0 Å². The van der Waals surface area contributed by atoms with Gasteiger partial charge in [0, 0.05) is 27.3 Å². The van der Waals surface area contributed by atoms with E-state index in [0.29, 0.717) is 32.9 Å². The number of rotatable bonds is 4. The Morgan fingerprint density at radius 3 is 2.57 bits per heavy atom. The zero-order valence-corrected chi connectivity index (χ0v) is 15.1. The maximum Gasteiger partial charge on any atom is 0.256 e. The van der Waals surface area contributed by atoms with Gasteiger partial charge in [-0.2, -0.15) is 0 Å². The van der Waals surface area contributed by atoms with Gasteiger partial charge in [-0.15, -0.1) is 0 Å². The predicted octanol–water partition coefficient (Wildman–Crippen LogP) is 5.01. The van der Waals surface area contributed by atoms with Gasteiger partial charge in [-0.1, -0.05) is 24.6 Å². The normalized spacial score (nSPS) is 10.3. The van der Waals surface area contributed by atoms with Crippen molar-refractivity contribution in [1.29, 1.82) is 0 Å². The molecule has 0 fully saturated rings. The van der Waals surface area contributed by atoms with Crippen molar-refractivity contribution in [2.45, 2.75) is 20.3 Å². The van der Waals surface area contributed by atoms with Crippen LogP contribution in [0.4, 0.5) is 11.4 Å². The number of carbonyl (C=O) groups is 2. The second-order valence-electron chi connectivity index (χ2n) is 5.01. The molecule has 0 aliphatic carbocycles. The predicted molar refractivity (Wildman–Crippen MR) is 97.2 cm³/mol. The fourth-order valence-electron chi connectivity index (χ4n) is 1.94. The van der Waals surface area contributed by atoms with Crippen LogP contribution >= 0.6 is 27.5 Å². The van der Waals surface area contributed by atoms with E-state index < -0.39 is 0 Å². The van der Waals surface area contributed by atoms with Crippen LogP contribution in [0, 0.1) is 6.92 Å². The summed E-state index contributed by atoms with van der Waals surface area (Å²) in [5, 5.41) is 6.10. The first kappa shape index (κ1) is 17.5. The number of benzene rings is 2. The number of aryl methyl sites for hydroxylation is 1. The summed E-state index contributed by atoms with van der Waals surface area (Å²) < 4.78 is 0.660. The summed E-state index contributed by atoms with van der Waals surface area (Å²) >= 11 is 9.29. The second-order valence-corrected chi connectivity index (χ2v) is 6.30. The molecule has 6 heteroatoms. The van der Waals surface area contributed by atoms with Gasteiger partial charge in [0.2, 0.25) is 5.91 Å². The second kappa shape index (κ2) is 7.62. The van der Waals surface area contributed by atoms with Crippen LogP contribution in [-0.2, 0) is 4.79 Å². The van der Waals surface area contributed by atoms with Crippen LogP contribution < -0.4 is 10.6 Å². The van der Waals surface area contributed by atoms with Crippen molar-refractivity contribution in [3.05, 3.63) is 57.0 Å². The Balaban J connectivity index is 2.25. The number of carbonyl (C=O) groups excluding carboxylic acids is 2. The van der Waals surface area contributed by atoms with E-state index in [9.17, 15) is 9.59 Å². The van der Waals surface area contributed by atoms with Gasteiger partial charge in [-0.05, 0) is 58.7 Å². The maximum atomic E-state index is 12.4. The highest BCUT2D eigenvalue weighted by molar-refractivity contribution is 9.10. The molecule has 0 bridgehead atoms. The Morgan fingerprint density at radius 2 is 1.87 bits per heavy atom. The molecule has 0 aliphatic heterocycles. The molecule has 0 unspecified atom stereocenters. The molecule has 120 valence electrons. The Kier molecular flexibility index (Phi) is 5.80. The molecule has 0 saturated heterocycles. The minimum atomic E-state index is -0.276. The van der Waals surface area contributed by atoms with Gasteiger partial charge < -0.3 is 10.6 Å². The molecule has 0 aromatic heterocycles. The average molecular weight is 396 g/mol. The Hall–Kier alpha value is -1.85. The van der Waals surface area contributed by atoms with Gasteiger partial charge in [0.25, 0.3) is 5.91 Å². The number of hydrogen-bond acceptors (Lipinski definition) is 2. The zero-order chi connectivity index (χ0) is 17.0. The maximum absolute atomic E-state index is 12.4. The van der Waals surface area contributed by atoms with Crippen LogP contribution in [0.3, 0.4) is 0 Å². The quantitative estimate of drug-likeness (QED) is 0.764. The smallest absolute Gasteiger partial charge is 0.256 e. The van der Waals surface area contributed by atoms with Gasteiger partial charge in [-0.3, -0.25) is 9.59 Å². The topological polar surface area (TPSA) is 58.2 Å². The summed E-state index contributed by atoms with van der Waals surface area (Å²) in [7, 11) is 0. The molecular formula is C17H16BrClN2O2. The first-order valence-corrected chi connectivity index (χ1v) is 8.24. The van der Waals surface area contributed by atoms with E-state index in [0.717, 1.165) is 5.56 Å². The van der Waals surface area contributed by atoms with Gasteiger partial charge in [0.05, 0.1) is 5.56 Å². The van der Waals surface area contributed by atoms with Crippen molar-refractivity contribution >= 4 is 50.7 Å². The molecule has 0 spiro atoms. The van der Waals surface area contributed by atoms with Crippen molar-refractivity contribution in [2.75, 3.05) is 10.6 Å². The molecule has 0 atom stereocenters. The first-order chi connectivity index (χ1) is 10.9. The summed E-state index contributed by atoms with van der Waals surface area (Å²) in [6.45, 7) is 3.66. The van der Waals surface area contributed by atoms with Crippen LogP contribution in [0.1, 0.15) is 29.3 Å². The largest absolute Gasteiger partial charge is 0.326 e. The van der Waals surface area contributed by atoms with Crippen LogP contribution in [0.5, 0.6) is 0 Å². The summed E-state index contributed by atoms with van der Waals surface area (Å²) in [6.07, 6.45) is 0.394. The summed E-state index contributed by atoms with van der Waals surface area (Å²) in [5.74, 6) is -0.356. The zero-order valence-electron chi connectivity index (χ0n) is 12.7. The van der Waals surface area contributed by atoms with Gasteiger partial charge in [0.1, 0.15) is 0 Å². The molecule has 2 amide bonds. The third kappa shape index (κ3) is 4.56. The highest BCUT2D eigenvalue weighted by Gasteiger charge is 2.13. The molecular weight excluding hydrogens is 380 g/mol. The molecule has 0 aliphatic rings. The standard InChI is InChI=1S/C17H16BrClN2O2/c1-3-16(22)20-12-6-4-10(2)15(9-12)21-17(23)13-8-11(19)5-7-14(13)18/h4-9H,3H2,1-2H3,(H,20,22)(H,21,23). The van der Waals surface area contributed by atoms with Crippen molar-refractivity contribution < 1.29 is 9.59 Å². The van der Waals surface area contributed by atoms with E-state index in [4.69, 9.17) is 11.6 Å². The molecule has 2 N–H and O–H groups in total. The molecule has 4 nitrogen and oxygen atoms in total. The van der Waals surface area contributed by atoms with E-state index in [1.165, 1.54) is 0 Å². The summed E-state index contributed by atoms with van der Waals surface area (Å²) in [5.41, 5.74) is 2.62. The van der Waals surface area contributed by atoms with Gasteiger partial charge in [0.15, 0.2) is 0 Å². The average Bonchev–Trinajstić information content (AvgIpc) is 2.52. The molecule has 2 rings (SSSR count). The highest BCUT2D eigenvalue weighted by atomic mass is 79.9. The van der Waals surface area contributed by atoms with Gasteiger partial charge in [-0.25, -0.2) is 0 Å². The van der Waals surface area contributed by atoms with Crippen LogP contribution in [0.15, 0.2) is 40.9 Å². The summed E-state index contributed by atoms with van der Waals surface area (Å²) in [4.78, 5) is 23.9. The number of anilines is 2. The number of halogens is 2. The van der Waals surface area contributed by atoms with E-state index in [2.05, 4.69) is 26.6 Å². The SMILES string of the molecule is CCC(=O)Nc1ccc(C)c(NC(=O)c2cc(Cl)ccc2Br)c1. The fraction of sp³-hybridized carbons (Fsp3) is 0.176. The molecule has 0 heterocycles. The minimum absolute atomic E-state index is 0.0799. The Morgan fingerprint density at radius 1 is 1.13 bits per heavy atom. The Bertz CT molecular complexity index is 762. The van der Waals surface area contributed by atoms with Crippen molar-refractivity contribution in [3.63, 3.8) is 0 Å². The fourth-order valence-corrected chi connectivity index (χ4v) is 2.54. The molecule has 2 aromatic rings. The van der Waals surface area contributed by atoms with E-state index in [1.807, 2.05) is 13.0 Å². The molecule has 0 saturated carbocycles. The first-order valence-electron chi connectivity index (χ1n) is 7.07. The third-order valence-corrected chi connectivity index (χ3v) is 4.19. The lowest BCUT2D eigenvalue weighted by Gasteiger charge is -2.12. The number of hydrogen-bond donors (Lipinski definition) is 2. The number of amides is 2. The van der Waals surface area contributed by atoms with Crippen LogP contribution in [0.25, 0.3) is 0 Å². The number of nitrogens with one attached hydrogen (secondary N) is 2. The van der Waals surface area contributed by atoms with E-state index in [1.54, 1.807) is 37.3 Å². The monoisotopic (exact) mass is 394 g/mol. The van der Waals surface area contributed by atoms with Crippen LogP contribution in [0.2, 0.25) is 5.02 Å². The highest BCUT2D eigenvalue weighted by Crippen LogP contribution is 2.25. The van der Waals surface area contributed by atoms with E-state index in [-0.39, 0.29) is 11.8 Å². The molecule has 0 radical (unpaired) electrons. The van der Waals surface area contributed by atoms with Crippen molar-refractivity contribution in [2.24, 2.45) is 0 Å². The lowest BCUT2D eigenvalue weighted by atomic mass is 10.1. The lowest BCUT2D eigenvalue weighted by Crippen LogP contribution is -2.14. The third-order valence-electron chi connectivity index (χ3n) is 3.26. The molecule has 23 heavy (non-hydrogen) atoms. The van der Waals surface area contributed by atoms with Crippen LogP contribution in [-0.4, -0.2) is 11.8 Å².